The molecule has 3 nitrogen and oxygen atoms in total. The summed E-state index contributed by atoms with van der Waals surface area (Å²) in [6.45, 7) is 7.50. The zero-order valence-corrected chi connectivity index (χ0v) is 15.1. The van der Waals surface area contributed by atoms with Gasteiger partial charge in [-0.3, -0.25) is 4.79 Å². The van der Waals surface area contributed by atoms with E-state index < -0.39 is 0 Å². The summed E-state index contributed by atoms with van der Waals surface area (Å²) < 4.78 is 4.72. The van der Waals surface area contributed by atoms with Gasteiger partial charge in [0.05, 0.1) is 7.11 Å². The van der Waals surface area contributed by atoms with Gasteiger partial charge in [0.2, 0.25) is 0 Å². The van der Waals surface area contributed by atoms with Gasteiger partial charge in [-0.2, -0.15) is 0 Å². The van der Waals surface area contributed by atoms with Crippen molar-refractivity contribution in [3.05, 3.63) is 47.5 Å². The maximum absolute atomic E-state index is 11.3. The number of aryl methyl sites for hydroxylation is 1. The fraction of sp³-hybridized carbons (Fsp3) is 0.500. The lowest BCUT2D eigenvalue weighted by Crippen LogP contribution is -2.46. The molecule has 0 aliphatic carbocycles. The molecule has 1 unspecified atom stereocenters. The van der Waals surface area contributed by atoms with Crippen LogP contribution in [0.25, 0.3) is 0 Å². The molecular formula is C22H27NO2. The van der Waals surface area contributed by atoms with Gasteiger partial charge in [-0.25, -0.2) is 0 Å². The zero-order chi connectivity index (χ0) is 17.6. The summed E-state index contributed by atoms with van der Waals surface area (Å²) in [5, 5.41) is 0. The quantitative estimate of drug-likeness (QED) is 0.469. The van der Waals surface area contributed by atoms with E-state index in [4.69, 9.17) is 4.74 Å². The van der Waals surface area contributed by atoms with Crippen LogP contribution in [-0.4, -0.2) is 37.6 Å². The minimum Gasteiger partial charge on any atom is -0.469 e. The number of piperidine rings is 3. The fourth-order valence-electron chi connectivity index (χ4n) is 3.90. The van der Waals surface area contributed by atoms with E-state index in [0.29, 0.717) is 18.8 Å². The van der Waals surface area contributed by atoms with Crippen LogP contribution in [0, 0.1) is 23.7 Å². The van der Waals surface area contributed by atoms with Crippen molar-refractivity contribution in [1.29, 1.82) is 0 Å². The SMILES string of the molecule is C=CCc1cc(CCC(=O)OC)ccc1C#CC1CN2CCC1CC2. The van der Waals surface area contributed by atoms with Crippen LogP contribution < -0.4 is 0 Å². The second-order valence-electron chi connectivity index (χ2n) is 7.07. The third-order valence-electron chi connectivity index (χ3n) is 5.43. The van der Waals surface area contributed by atoms with Crippen LogP contribution in [0.1, 0.15) is 36.0 Å². The number of fused-ring (bicyclic) bond motifs is 3. The van der Waals surface area contributed by atoms with E-state index in [2.05, 4.69) is 41.5 Å². The Balaban J connectivity index is 1.73. The molecule has 0 N–H and O–H groups in total. The van der Waals surface area contributed by atoms with Gasteiger partial charge in [-0.05, 0) is 61.9 Å². The van der Waals surface area contributed by atoms with Crippen LogP contribution in [-0.2, 0) is 22.4 Å². The van der Waals surface area contributed by atoms with Crippen LogP contribution in [0.2, 0.25) is 0 Å². The lowest BCUT2D eigenvalue weighted by Gasteiger charge is -2.42. The Hall–Kier alpha value is -2.05. The highest BCUT2D eigenvalue weighted by atomic mass is 16.5. The van der Waals surface area contributed by atoms with Gasteiger partial charge in [-0.1, -0.05) is 30.0 Å². The predicted molar refractivity (Wildman–Crippen MR) is 100 cm³/mol. The first-order valence-corrected chi connectivity index (χ1v) is 9.23. The molecule has 0 radical (unpaired) electrons. The Bertz CT molecular complexity index is 690. The molecule has 0 amide bonds. The number of rotatable bonds is 5. The number of nitrogens with zero attached hydrogens (tertiary/aromatic N) is 1. The molecular weight excluding hydrogens is 310 g/mol. The summed E-state index contributed by atoms with van der Waals surface area (Å²) in [4.78, 5) is 13.9. The Morgan fingerprint density at radius 3 is 2.84 bits per heavy atom. The number of hydrogen-bond donors (Lipinski definition) is 0. The van der Waals surface area contributed by atoms with E-state index in [1.807, 2.05) is 6.08 Å². The minimum absolute atomic E-state index is 0.170. The molecule has 3 aliphatic heterocycles. The standard InChI is InChI=1S/C22H27NO2/c1-3-4-20-15-17(6-10-22(24)25-2)5-7-18(20)8-9-21-16-23-13-11-19(21)12-14-23/h3,5,7,15,19,21H,1,4,6,10-14,16H2,2H3. The Morgan fingerprint density at radius 1 is 1.40 bits per heavy atom. The van der Waals surface area contributed by atoms with E-state index >= 15 is 0 Å². The Morgan fingerprint density at radius 2 is 2.20 bits per heavy atom. The first kappa shape index (κ1) is 17.8. The molecule has 4 rings (SSSR count). The van der Waals surface area contributed by atoms with Crippen molar-refractivity contribution < 1.29 is 9.53 Å². The summed E-state index contributed by atoms with van der Waals surface area (Å²) >= 11 is 0. The summed E-state index contributed by atoms with van der Waals surface area (Å²) in [5.74, 6) is 8.11. The number of allylic oxidation sites excluding steroid dienone is 1. The number of benzene rings is 1. The molecule has 0 spiro atoms. The number of esters is 1. The normalized spacial score (nSPS) is 24.3. The van der Waals surface area contributed by atoms with E-state index in [1.54, 1.807) is 0 Å². The number of ether oxygens (including phenoxy) is 1. The highest BCUT2D eigenvalue weighted by Crippen LogP contribution is 2.31. The van der Waals surface area contributed by atoms with Crippen molar-refractivity contribution >= 4 is 5.97 Å². The predicted octanol–water partition coefficient (Wildman–Crippen LogP) is 3.21. The van der Waals surface area contributed by atoms with Gasteiger partial charge >= 0.3 is 5.97 Å². The lowest BCUT2D eigenvalue weighted by molar-refractivity contribution is -0.140. The zero-order valence-electron chi connectivity index (χ0n) is 15.1. The largest absolute Gasteiger partial charge is 0.469 e. The molecule has 3 fully saturated rings. The summed E-state index contributed by atoms with van der Waals surface area (Å²) in [7, 11) is 1.43. The molecule has 3 heterocycles. The van der Waals surface area contributed by atoms with Crippen molar-refractivity contribution in [2.45, 2.75) is 32.1 Å². The average molecular weight is 337 g/mol. The molecule has 0 aromatic heterocycles. The third kappa shape index (κ3) is 4.52. The molecule has 3 heteroatoms. The number of carbonyl (C=O) groups is 1. The van der Waals surface area contributed by atoms with Gasteiger partial charge in [0, 0.05) is 24.4 Å². The van der Waals surface area contributed by atoms with Crippen molar-refractivity contribution in [3.8, 4) is 11.8 Å². The topological polar surface area (TPSA) is 29.5 Å². The molecule has 25 heavy (non-hydrogen) atoms. The molecule has 1 aromatic carbocycles. The lowest BCUT2D eigenvalue weighted by atomic mass is 9.79. The van der Waals surface area contributed by atoms with E-state index in [1.165, 1.54) is 38.6 Å². The minimum atomic E-state index is -0.170. The van der Waals surface area contributed by atoms with Gasteiger partial charge in [0.15, 0.2) is 0 Å². The van der Waals surface area contributed by atoms with Gasteiger partial charge in [0.1, 0.15) is 0 Å². The Labute approximate surface area is 151 Å². The Kier molecular flexibility index (Phi) is 5.94. The van der Waals surface area contributed by atoms with E-state index in [9.17, 15) is 4.79 Å². The van der Waals surface area contributed by atoms with E-state index in [-0.39, 0.29) is 5.97 Å². The molecule has 132 valence electrons. The van der Waals surface area contributed by atoms with E-state index in [0.717, 1.165) is 30.0 Å². The number of hydrogen-bond acceptors (Lipinski definition) is 3. The van der Waals surface area contributed by atoms with Crippen molar-refractivity contribution in [1.82, 2.24) is 4.90 Å². The van der Waals surface area contributed by atoms with Crippen molar-refractivity contribution in [2.24, 2.45) is 11.8 Å². The summed E-state index contributed by atoms with van der Waals surface area (Å²) in [5.41, 5.74) is 3.44. The molecule has 2 bridgehead atoms. The van der Waals surface area contributed by atoms with Crippen LogP contribution in [0.4, 0.5) is 0 Å². The van der Waals surface area contributed by atoms with Crippen molar-refractivity contribution in [2.75, 3.05) is 26.7 Å². The first-order valence-electron chi connectivity index (χ1n) is 9.23. The maximum Gasteiger partial charge on any atom is 0.305 e. The second kappa shape index (κ2) is 8.36. The van der Waals surface area contributed by atoms with Crippen LogP contribution >= 0.6 is 0 Å². The third-order valence-corrected chi connectivity index (χ3v) is 5.43. The molecule has 1 atom stereocenters. The van der Waals surface area contributed by atoms with Crippen LogP contribution in [0.5, 0.6) is 0 Å². The fourth-order valence-corrected chi connectivity index (χ4v) is 3.90. The van der Waals surface area contributed by atoms with Crippen LogP contribution in [0.3, 0.4) is 0 Å². The maximum atomic E-state index is 11.3. The highest BCUT2D eigenvalue weighted by Gasteiger charge is 2.32. The second-order valence-corrected chi connectivity index (χ2v) is 7.07. The van der Waals surface area contributed by atoms with Crippen LogP contribution in [0.15, 0.2) is 30.9 Å². The molecule has 0 saturated carbocycles. The highest BCUT2D eigenvalue weighted by molar-refractivity contribution is 5.69. The summed E-state index contributed by atoms with van der Waals surface area (Å²) in [6.07, 6.45) is 6.42. The number of methoxy groups -OCH3 is 1. The monoisotopic (exact) mass is 337 g/mol. The van der Waals surface area contributed by atoms with Gasteiger partial charge in [-0.15, -0.1) is 6.58 Å². The van der Waals surface area contributed by atoms with Crippen molar-refractivity contribution in [3.63, 3.8) is 0 Å². The first-order chi connectivity index (χ1) is 12.2. The smallest absolute Gasteiger partial charge is 0.305 e. The number of carbonyl (C=O) groups excluding carboxylic acids is 1. The molecule has 3 aliphatic rings. The molecule has 3 saturated heterocycles. The average Bonchev–Trinajstić information content (AvgIpc) is 2.66. The van der Waals surface area contributed by atoms with Gasteiger partial charge in [0.25, 0.3) is 0 Å². The van der Waals surface area contributed by atoms with Gasteiger partial charge < -0.3 is 9.64 Å². The summed E-state index contributed by atoms with van der Waals surface area (Å²) in [6, 6.07) is 6.33. The molecule has 1 aromatic rings.